The van der Waals surface area contributed by atoms with Crippen LogP contribution in [-0.4, -0.2) is 11.0 Å². The van der Waals surface area contributed by atoms with Crippen LogP contribution >= 0.6 is 0 Å². The van der Waals surface area contributed by atoms with Gasteiger partial charge >= 0.3 is 0 Å². The average Bonchev–Trinajstić information content (AvgIpc) is 2.20. The average molecular weight is 222 g/mol. The number of aryl methyl sites for hydroxylation is 1. The lowest BCUT2D eigenvalue weighted by atomic mass is 9.86. The van der Waals surface area contributed by atoms with E-state index in [0.29, 0.717) is 0 Å². The van der Waals surface area contributed by atoms with Crippen molar-refractivity contribution < 1.29 is 4.92 Å². The Labute approximate surface area is 95.6 Å². The predicted octanol–water partition coefficient (Wildman–Crippen LogP) is 2.74. The van der Waals surface area contributed by atoms with Crippen molar-refractivity contribution in [3.05, 3.63) is 39.4 Å². The summed E-state index contributed by atoms with van der Waals surface area (Å²) in [4.78, 5) is 10.7. The fourth-order valence-electron chi connectivity index (χ4n) is 2.15. The molecule has 4 nitrogen and oxygen atoms in total. The molecular formula is C12H18N2O2. The smallest absolute Gasteiger partial charge is 0.273 e. The molecule has 16 heavy (non-hydrogen) atoms. The summed E-state index contributed by atoms with van der Waals surface area (Å²) in [6.45, 7) is 5.79. The van der Waals surface area contributed by atoms with E-state index in [2.05, 4.69) is 0 Å². The molecule has 0 amide bonds. The molecule has 0 saturated heterocycles. The monoisotopic (exact) mass is 222 g/mol. The Kier molecular flexibility index (Phi) is 4.01. The van der Waals surface area contributed by atoms with Gasteiger partial charge in [-0.15, -0.1) is 0 Å². The molecule has 1 aromatic rings. The SMILES string of the molecule is CCC(c1c(C)cccc1[N+](=O)[O-])C(C)N. The Balaban J connectivity index is 3.34. The molecule has 0 aromatic heterocycles. The van der Waals surface area contributed by atoms with Gasteiger partial charge in [0.25, 0.3) is 5.69 Å². The van der Waals surface area contributed by atoms with Crippen molar-refractivity contribution in [3.8, 4) is 0 Å². The highest BCUT2D eigenvalue weighted by molar-refractivity contribution is 5.47. The predicted molar refractivity (Wildman–Crippen MR) is 64.5 cm³/mol. The molecular weight excluding hydrogens is 204 g/mol. The minimum absolute atomic E-state index is 0.0431. The third kappa shape index (κ3) is 2.39. The topological polar surface area (TPSA) is 69.2 Å². The summed E-state index contributed by atoms with van der Waals surface area (Å²) in [5, 5.41) is 11.0. The molecule has 2 N–H and O–H groups in total. The van der Waals surface area contributed by atoms with Crippen LogP contribution < -0.4 is 5.73 Å². The second kappa shape index (κ2) is 5.07. The number of hydrogen-bond donors (Lipinski definition) is 1. The van der Waals surface area contributed by atoms with Crippen LogP contribution in [0, 0.1) is 17.0 Å². The molecule has 1 rings (SSSR count). The maximum atomic E-state index is 11.0. The molecule has 0 aliphatic rings. The van der Waals surface area contributed by atoms with Crippen LogP contribution in [0.15, 0.2) is 18.2 Å². The summed E-state index contributed by atoms with van der Waals surface area (Å²) in [6.07, 6.45) is 0.809. The molecule has 2 unspecified atom stereocenters. The van der Waals surface area contributed by atoms with E-state index in [1.165, 1.54) is 0 Å². The van der Waals surface area contributed by atoms with Crippen LogP contribution in [0.5, 0.6) is 0 Å². The van der Waals surface area contributed by atoms with E-state index in [-0.39, 0.29) is 22.6 Å². The van der Waals surface area contributed by atoms with Gasteiger partial charge in [-0.3, -0.25) is 10.1 Å². The van der Waals surface area contributed by atoms with E-state index in [1.54, 1.807) is 12.1 Å². The molecule has 0 spiro atoms. The van der Waals surface area contributed by atoms with E-state index in [1.807, 2.05) is 26.8 Å². The van der Waals surface area contributed by atoms with E-state index in [4.69, 9.17) is 5.73 Å². The quantitative estimate of drug-likeness (QED) is 0.629. The second-order valence-corrected chi connectivity index (χ2v) is 4.14. The highest BCUT2D eigenvalue weighted by Gasteiger charge is 2.25. The van der Waals surface area contributed by atoms with Gasteiger partial charge in [0.1, 0.15) is 0 Å². The fraction of sp³-hybridized carbons (Fsp3) is 0.500. The molecule has 0 aliphatic carbocycles. The van der Waals surface area contributed by atoms with Gasteiger partial charge in [0, 0.05) is 23.6 Å². The summed E-state index contributed by atoms with van der Waals surface area (Å²) >= 11 is 0. The van der Waals surface area contributed by atoms with Crippen molar-refractivity contribution in [3.63, 3.8) is 0 Å². The first-order valence-corrected chi connectivity index (χ1v) is 5.48. The summed E-state index contributed by atoms with van der Waals surface area (Å²) in [7, 11) is 0. The van der Waals surface area contributed by atoms with Crippen LogP contribution in [0.3, 0.4) is 0 Å². The molecule has 88 valence electrons. The zero-order chi connectivity index (χ0) is 12.3. The van der Waals surface area contributed by atoms with Crippen LogP contribution in [0.1, 0.15) is 37.3 Å². The molecule has 0 bridgehead atoms. The van der Waals surface area contributed by atoms with Crippen molar-refractivity contribution in [2.45, 2.75) is 39.2 Å². The van der Waals surface area contributed by atoms with E-state index >= 15 is 0 Å². The van der Waals surface area contributed by atoms with Gasteiger partial charge in [-0.1, -0.05) is 19.1 Å². The summed E-state index contributed by atoms with van der Waals surface area (Å²) in [5.74, 6) is 0.0431. The molecule has 0 saturated carbocycles. The number of nitro groups is 1. The maximum Gasteiger partial charge on any atom is 0.273 e. The zero-order valence-electron chi connectivity index (χ0n) is 9.93. The largest absolute Gasteiger partial charge is 0.327 e. The lowest BCUT2D eigenvalue weighted by Gasteiger charge is -2.21. The first-order valence-electron chi connectivity index (χ1n) is 5.48. The van der Waals surface area contributed by atoms with Crippen LogP contribution in [0.25, 0.3) is 0 Å². The van der Waals surface area contributed by atoms with Crippen molar-refractivity contribution >= 4 is 5.69 Å². The minimum atomic E-state index is -0.326. The molecule has 0 radical (unpaired) electrons. The second-order valence-electron chi connectivity index (χ2n) is 4.14. The number of rotatable bonds is 4. The third-order valence-corrected chi connectivity index (χ3v) is 2.94. The normalized spacial score (nSPS) is 14.5. The van der Waals surface area contributed by atoms with Crippen LogP contribution in [0.4, 0.5) is 5.69 Å². The van der Waals surface area contributed by atoms with Gasteiger partial charge in [-0.05, 0) is 25.8 Å². The van der Waals surface area contributed by atoms with Crippen molar-refractivity contribution in [1.82, 2.24) is 0 Å². The van der Waals surface area contributed by atoms with Gasteiger partial charge < -0.3 is 5.73 Å². The maximum absolute atomic E-state index is 11.0. The van der Waals surface area contributed by atoms with Crippen molar-refractivity contribution in [2.75, 3.05) is 0 Å². The van der Waals surface area contributed by atoms with Crippen LogP contribution in [0.2, 0.25) is 0 Å². The molecule has 4 heteroatoms. The zero-order valence-corrected chi connectivity index (χ0v) is 9.93. The Hall–Kier alpha value is -1.42. The van der Waals surface area contributed by atoms with Crippen LogP contribution in [-0.2, 0) is 0 Å². The molecule has 0 fully saturated rings. The van der Waals surface area contributed by atoms with Gasteiger partial charge in [0.15, 0.2) is 0 Å². The van der Waals surface area contributed by atoms with Crippen molar-refractivity contribution in [1.29, 1.82) is 0 Å². The van der Waals surface area contributed by atoms with E-state index in [9.17, 15) is 10.1 Å². The Morgan fingerprint density at radius 3 is 2.56 bits per heavy atom. The Bertz CT molecular complexity index is 389. The van der Waals surface area contributed by atoms with Gasteiger partial charge in [-0.25, -0.2) is 0 Å². The standard InChI is InChI=1S/C12H18N2O2/c1-4-10(9(3)13)12-8(2)6-5-7-11(12)14(15)16/h5-7,9-10H,4,13H2,1-3H3. The first kappa shape index (κ1) is 12.6. The lowest BCUT2D eigenvalue weighted by Crippen LogP contribution is -2.25. The highest BCUT2D eigenvalue weighted by atomic mass is 16.6. The van der Waals surface area contributed by atoms with Gasteiger partial charge in [-0.2, -0.15) is 0 Å². The number of benzene rings is 1. The number of hydrogen-bond acceptors (Lipinski definition) is 3. The highest BCUT2D eigenvalue weighted by Crippen LogP contribution is 2.33. The number of nitro benzene ring substituents is 1. The van der Waals surface area contributed by atoms with E-state index < -0.39 is 0 Å². The summed E-state index contributed by atoms with van der Waals surface area (Å²) in [5.41, 5.74) is 7.80. The summed E-state index contributed by atoms with van der Waals surface area (Å²) in [6, 6.07) is 5.08. The Morgan fingerprint density at radius 2 is 2.12 bits per heavy atom. The van der Waals surface area contributed by atoms with Gasteiger partial charge in [0.2, 0.25) is 0 Å². The molecule has 0 aliphatic heterocycles. The minimum Gasteiger partial charge on any atom is -0.327 e. The Morgan fingerprint density at radius 1 is 1.50 bits per heavy atom. The molecule has 2 atom stereocenters. The number of nitrogens with zero attached hydrogens (tertiary/aromatic N) is 1. The molecule has 0 heterocycles. The van der Waals surface area contributed by atoms with Crippen molar-refractivity contribution in [2.24, 2.45) is 5.73 Å². The summed E-state index contributed by atoms with van der Waals surface area (Å²) < 4.78 is 0. The third-order valence-electron chi connectivity index (χ3n) is 2.94. The fourth-order valence-corrected chi connectivity index (χ4v) is 2.15. The molecule has 1 aromatic carbocycles. The van der Waals surface area contributed by atoms with E-state index in [0.717, 1.165) is 17.5 Å². The lowest BCUT2D eigenvalue weighted by molar-refractivity contribution is -0.385. The number of nitrogens with two attached hydrogens (primary N) is 1. The van der Waals surface area contributed by atoms with Gasteiger partial charge in [0.05, 0.1) is 4.92 Å². The first-order chi connectivity index (χ1) is 7.49.